The number of likely N-dealkylation sites (tertiary alicyclic amines) is 1. The Morgan fingerprint density at radius 1 is 1.09 bits per heavy atom. The zero-order valence-corrected chi connectivity index (χ0v) is 19.7. The summed E-state index contributed by atoms with van der Waals surface area (Å²) >= 11 is 0. The Balaban J connectivity index is 1.66. The van der Waals surface area contributed by atoms with Crippen LogP contribution in [0.5, 0.6) is 5.75 Å². The molecule has 0 atom stereocenters. The van der Waals surface area contributed by atoms with Gasteiger partial charge in [0.15, 0.2) is 0 Å². The molecule has 0 saturated carbocycles. The quantitative estimate of drug-likeness (QED) is 0.425. The first-order valence-corrected chi connectivity index (χ1v) is 11.4. The summed E-state index contributed by atoms with van der Waals surface area (Å²) in [6, 6.07) is 18.4. The van der Waals surface area contributed by atoms with Gasteiger partial charge >= 0.3 is 6.03 Å². The third kappa shape index (κ3) is 4.88. The lowest BCUT2D eigenvalue weighted by atomic mass is 9.93. The molecule has 0 spiro atoms. The van der Waals surface area contributed by atoms with E-state index in [1.807, 2.05) is 16.8 Å². The van der Waals surface area contributed by atoms with Gasteiger partial charge in [0.1, 0.15) is 5.75 Å². The van der Waals surface area contributed by atoms with Crippen LogP contribution in [0, 0.1) is 0 Å². The van der Waals surface area contributed by atoms with E-state index in [4.69, 9.17) is 9.84 Å². The fourth-order valence-electron chi connectivity index (χ4n) is 4.33. The monoisotopic (exact) mass is 448 g/mol. The molecule has 0 aliphatic carbocycles. The highest BCUT2D eigenvalue weighted by Gasteiger charge is 2.27. The van der Waals surface area contributed by atoms with Gasteiger partial charge in [0.05, 0.1) is 24.2 Å². The maximum Gasteiger partial charge on any atom is 0.343 e. The molecule has 1 aromatic heterocycles. The molecule has 2 aromatic carbocycles. The number of hydrogen-bond donors (Lipinski definition) is 1. The third-order valence-electron chi connectivity index (χ3n) is 6.38. The van der Waals surface area contributed by atoms with Crippen molar-refractivity contribution in [3.63, 3.8) is 0 Å². The number of ether oxygens (including phenoxy) is 1. The van der Waals surface area contributed by atoms with E-state index >= 15 is 0 Å². The molecule has 1 N–H and O–H groups in total. The van der Waals surface area contributed by atoms with Gasteiger partial charge in [-0.05, 0) is 66.8 Å². The molecule has 174 valence electrons. The third-order valence-corrected chi connectivity index (χ3v) is 6.38. The standard InChI is InChI=1S/C26H32N4O3/c1-18(2)19-5-9-22(10-6-19)30-25(21-7-11-23(33-4)12-8-21)17-24(27-30)20-13-15-29(16-14-20)26(31)28(3)32/h5-12,17-18,20,32H,13-16H2,1-4H3. The topological polar surface area (TPSA) is 70.8 Å². The van der Waals surface area contributed by atoms with Gasteiger partial charge in [-0.1, -0.05) is 26.0 Å². The number of benzene rings is 2. The van der Waals surface area contributed by atoms with Crippen molar-refractivity contribution in [3.8, 4) is 22.7 Å². The second-order valence-corrected chi connectivity index (χ2v) is 8.91. The van der Waals surface area contributed by atoms with Crippen molar-refractivity contribution in [2.24, 2.45) is 0 Å². The Morgan fingerprint density at radius 3 is 2.27 bits per heavy atom. The summed E-state index contributed by atoms with van der Waals surface area (Å²) in [5.74, 6) is 1.54. The molecular weight excluding hydrogens is 416 g/mol. The van der Waals surface area contributed by atoms with E-state index in [9.17, 15) is 10.0 Å². The Labute approximate surface area is 195 Å². The van der Waals surface area contributed by atoms with E-state index in [2.05, 4.69) is 56.3 Å². The highest BCUT2D eigenvalue weighted by Crippen LogP contribution is 2.33. The normalized spacial score (nSPS) is 14.5. The Morgan fingerprint density at radius 2 is 1.73 bits per heavy atom. The fraction of sp³-hybridized carbons (Fsp3) is 0.385. The first kappa shape index (κ1) is 22.9. The van der Waals surface area contributed by atoms with Crippen molar-refractivity contribution in [1.29, 1.82) is 0 Å². The lowest BCUT2D eigenvalue weighted by molar-refractivity contribution is -0.0356. The molecule has 33 heavy (non-hydrogen) atoms. The van der Waals surface area contributed by atoms with E-state index in [0.29, 0.717) is 24.1 Å². The molecule has 7 heteroatoms. The summed E-state index contributed by atoms with van der Waals surface area (Å²) in [6.45, 7) is 5.58. The van der Waals surface area contributed by atoms with Crippen LogP contribution in [-0.2, 0) is 0 Å². The predicted molar refractivity (Wildman–Crippen MR) is 128 cm³/mol. The number of hydroxylamine groups is 2. The van der Waals surface area contributed by atoms with Gasteiger partial charge in [-0.25, -0.2) is 14.5 Å². The molecule has 1 saturated heterocycles. The van der Waals surface area contributed by atoms with E-state index in [1.54, 1.807) is 12.0 Å². The van der Waals surface area contributed by atoms with Gasteiger partial charge in [0, 0.05) is 31.6 Å². The average Bonchev–Trinajstić information content (AvgIpc) is 3.29. The molecule has 1 fully saturated rings. The van der Waals surface area contributed by atoms with Crippen LogP contribution in [0.25, 0.3) is 16.9 Å². The summed E-state index contributed by atoms with van der Waals surface area (Å²) in [4.78, 5) is 13.8. The molecule has 0 bridgehead atoms. The number of hydrogen-bond acceptors (Lipinski definition) is 4. The number of carbonyl (C=O) groups excluding carboxylic acids is 1. The summed E-state index contributed by atoms with van der Waals surface area (Å²) in [6.07, 6.45) is 1.62. The zero-order valence-electron chi connectivity index (χ0n) is 19.7. The molecule has 4 rings (SSSR count). The lowest BCUT2D eigenvalue weighted by Crippen LogP contribution is -2.43. The van der Waals surface area contributed by atoms with Gasteiger partial charge in [-0.2, -0.15) is 5.10 Å². The smallest absolute Gasteiger partial charge is 0.343 e. The van der Waals surface area contributed by atoms with Crippen LogP contribution in [0.4, 0.5) is 4.79 Å². The van der Waals surface area contributed by atoms with E-state index in [1.165, 1.54) is 12.6 Å². The van der Waals surface area contributed by atoms with Crippen molar-refractivity contribution >= 4 is 6.03 Å². The van der Waals surface area contributed by atoms with Crippen LogP contribution in [0.15, 0.2) is 54.6 Å². The van der Waals surface area contributed by atoms with Crippen LogP contribution in [-0.4, -0.2) is 58.2 Å². The van der Waals surface area contributed by atoms with Crippen LogP contribution < -0.4 is 4.74 Å². The highest BCUT2D eigenvalue weighted by atomic mass is 16.5. The molecular formula is C26H32N4O3. The highest BCUT2D eigenvalue weighted by molar-refractivity contribution is 5.73. The number of amides is 2. The van der Waals surface area contributed by atoms with Gasteiger partial charge in [-0.15, -0.1) is 0 Å². The average molecular weight is 449 g/mol. The van der Waals surface area contributed by atoms with Gasteiger partial charge in [0.2, 0.25) is 0 Å². The lowest BCUT2D eigenvalue weighted by Gasteiger charge is -2.32. The van der Waals surface area contributed by atoms with Crippen LogP contribution in [0.3, 0.4) is 0 Å². The Hall–Kier alpha value is -3.32. The summed E-state index contributed by atoms with van der Waals surface area (Å²) in [5.41, 5.74) is 5.43. The van der Waals surface area contributed by atoms with Crippen LogP contribution in [0.1, 0.15) is 49.8 Å². The molecule has 2 amide bonds. The molecule has 0 radical (unpaired) electrons. The van der Waals surface area contributed by atoms with E-state index in [0.717, 1.165) is 41.2 Å². The Kier molecular flexibility index (Phi) is 6.70. The molecule has 0 unspecified atom stereocenters. The number of nitrogens with zero attached hydrogens (tertiary/aromatic N) is 4. The summed E-state index contributed by atoms with van der Waals surface area (Å²) in [7, 11) is 3.03. The number of methoxy groups -OCH3 is 1. The molecule has 1 aliphatic heterocycles. The molecule has 7 nitrogen and oxygen atoms in total. The second kappa shape index (κ2) is 9.67. The Bertz CT molecular complexity index is 1080. The SMILES string of the molecule is COc1ccc(-c2cc(C3CCN(C(=O)N(C)O)CC3)nn2-c2ccc(C(C)C)cc2)cc1. The summed E-state index contributed by atoms with van der Waals surface area (Å²) < 4.78 is 7.34. The number of rotatable bonds is 5. The first-order valence-electron chi connectivity index (χ1n) is 11.4. The van der Waals surface area contributed by atoms with Gasteiger partial charge < -0.3 is 9.64 Å². The minimum absolute atomic E-state index is 0.256. The zero-order chi connectivity index (χ0) is 23.5. The van der Waals surface area contributed by atoms with Crippen molar-refractivity contribution in [2.75, 3.05) is 27.2 Å². The fourth-order valence-corrected chi connectivity index (χ4v) is 4.33. The number of carbonyl (C=O) groups is 1. The predicted octanol–water partition coefficient (Wildman–Crippen LogP) is 5.29. The maximum atomic E-state index is 12.1. The van der Waals surface area contributed by atoms with E-state index < -0.39 is 0 Å². The van der Waals surface area contributed by atoms with Crippen molar-refractivity contribution < 1.29 is 14.7 Å². The number of piperidine rings is 1. The largest absolute Gasteiger partial charge is 0.497 e. The van der Waals surface area contributed by atoms with Gasteiger partial charge in [0.25, 0.3) is 0 Å². The van der Waals surface area contributed by atoms with Crippen LogP contribution in [0.2, 0.25) is 0 Å². The van der Waals surface area contributed by atoms with Gasteiger partial charge in [-0.3, -0.25) is 5.21 Å². The number of aromatic nitrogens is 2. The van der Waals surface area contributed by atoms with Crippen molar-refractivity contribution in [3.05, 3.63) is 65.9 Å². The minimum atomic E-state index is -0.358. The summed E-state index contributed by atoms with van der Waals surface area (Å²) in [5, 5.41) is 15.1. The van der Waals surface area contributed by atoms with Crippen molar-refractivity contribution in [1.82, 2.24) is 19.7 Å². The maximum absolute atomic E-state index is 12.1. The van der Waals surface area contributed by atoms with Crippen molar-refractivity contribution in [2.45, 2.75) is 38.5 Å². The minimum Gasteiger partial charge on any atom is -0.497 e. The molecule has 1 aliphatic rings. The first-order chi connectivity index (χ1) is 15.9. The number of urea groups is 1. The molecule has 2 heterocycles. The molecule has 3 aromatic rings. The second-order valence-electron chi connectivity index (χ2n) is 8.91. The van der Waals surface area contributed by atoms with Crippen LogP contribution >= 0.6 is 0 Å². The van der Waals surface area contributed by atoms with E-state index in [-0.39, 0.29) is 11.9 Å².